The minimum absolute atomic E-state index is 0.0119. The topological polar surface area (TPSA) is 152 Å². The number of fused-ring (bicyclic) bond motifs is 2. The molecule has 0 aliphatic carbocycles. The van der Waals surface area contributed by atoms with Crippen molar-refractivity contribution in [1.82, 2.24) is 8.61 Å². The van der Waals surface area contributed by atoms with E-state index < -0.39 is 32.8 Å². The maximum Gasteiger partial charge on any atom is 0.311 e. The summed E-state index contributed by atoms with van der Waals surface area (Å²) in [6.07, 6.45) is 1.85. The lowest BCUT2D eigenvalue weighted by atomic mass is 9.94. The molecule has 0 bridgehead atoms. The van der Waals surface area contributed by atoms with Crippen molar-refractivity contribution >= 4 is 58.9 Å². The molecular formula is C35H48N4O8S2. The first-order valence-electron chi connectivity index (χ1n) is 17.0. The van der Waals surface area contributed by atoms with E-state index in [0.29, 0.717) is 37.0 Å². The quantitative estimate of drug-likeness (QED) is 0.0560. The maximum absolute atomic E-state index is 14.0. The summed E-state index contributed by atoms with van der Waals surface area (Å²) in [5, 5.41) is 4.55. The molecule has 0 radical (unpaired) electrons. The van der Waals surface area contributed by atoms with Crippen LogP contribution >= 0.6 is 0 Å². The van der Waals surface area contributed by atoms with Crippen LogP contribution in [0.5, 0.6) is 0 Å². The molecule has 2 aliphatic heterocycles. The Morgan fingerprint density at radius 2 is 1.20 bits per heavy atom. The largest absolute Gasteiger partial charge is 0.436 e. The summed E-state index contributed by atoms with van der Waals surface area (Å²) in [6.45, 7) is 14.7. The molecule has 2 aliphatic rings. The van der Waals surface area contributed by atoms with Gasteiger partial charge in [-0.3, -0.25) is 10.3 Å². The van der Waals surface area contributed by atoms with Crippen molar-refractivity contribution in [2.24, 2.45) is 40.7 Å². The molecule has 3 aromatic rings. The minimum atomic E-state index is -3.94. The Labute approximate surface area is 289 Å². The van der Waals surface area contributed by atoms with Crippen LogP contribution in [0.4, 0.5) is 11.4 Å². The zero-order valence-electron chi connectivity index (χ0n) is 29.3. The molecule has 0 spiro atoms. The number of anilines is 1. The normalized spacial score (nSPS) is 23.5. The van der Waals surface area contributed by atoms with E-state index in [2.05, 4.69) is 10.7 Å². The van der Waals surface area contributed by atoms with Gasteiger partial charge < -0.3 is 4.74 Å². The standard InChI is InChI=1S/C35H48N4O8S2/c1-21(2)26(7)35(40)46-20-47-37-34-31-14-27(48(42,43)38-16-22(3)12-23(4)17-38)8-10-29(31)33(36-41)30-11-9-28(15-32(30)34)49(44,45)39-18-24(5)13-25(6)19-39/h8-11,14-15,21-26,37H,12-13,16-20H2,1-7H3/t22-,23+,24-,25+,26?. The molecule has 1 N–H and O–H groups in total. The smallest absolute Gasteiger partial charge is 0.311 e. The average Bonchev–Trinajstić information content (AvgIpc) is 3.04. The number of ether oxygens (including phenoxy) is 1. The van der Waals surface area contributed by atoms with Gasteiger partial charge in [-0.1, -0.05) is 60.6 Å². The molecule has 2 heterocycles. The number of sulfonamides is 2. The van der Waals surface area contributed by atoms with E-state index in [0.717, 1.165) is 12.8 Å². The molecule has 3 aromatic carbocycles. The third-order valence-electron chi connectivity index (χ3n) is 9.87. The van der Waals surface area contributed by atoms with Crippen LogP contribution in [0.15, 0.2) is 51.4 Å². The van der Waals surface area contributed by atoms with Gasteiger partial charge in [-0.2, -0.15) is 8.61 Å². The Morgan fingerprint density at radius 1 is 0.776 bits per heavy atom. The number of hydrogen-bond donors (Lipinski definition) is 1. The van der Waals surface area contributed by atoms with Crippen LogP contribution in [-0.4, -0.2) is 64.4 Å². The highest BCUT2D eigenvalue weighted by atomic mass is 32.2. The lowest BCUT2D eigenvalue weighted by molar-refractivity contribution is -0.159. The van der Waals surface area contributed by atoms with Crippen LogP contribution in [0.1, 0.15) is 61.3 Å². The number of nitrogens with one attached hydrogen (secondary N) is 1. The molecule has 5 atom stereocenters. The second kappa shape index (κ2) is 14.6. The fourth-order valence-corrected chi connectivity index (χ4v) is 10.6. The summed E-state index contributed by atoms with van der Waals surface area (Å²) in [4.78, 5) is 30.5. The summed E-state index contributed by atoms with van der Waals surface area (Å²) in [7, 11) is -7.87. The number of benzene rings is 3. The van der Waals surface area contributed by atoms with E-state index in [-0.39, 0.29) is 67.4 Å². The van der Waals surface area contributed by atoms with Gasteiger partial charge in [-0.05, 0) is 71.9 Å². The number of rotatable bonds is 11. The van der Waals surface area contributed by atoms with E-state index in [4.69, 9.17) is 9.57 Å². The molecule has 268 valence electrons. The van der Waals surface area contributed by atoms with Crippen molar-refractivity contribution in [3.63, 3.8) is 0 Å². The molecular weight excluding hydrogens is 669 g/mol. The molecule has 2 fully saturated rings. The lowest BCUT2D eigenvalue weighted by Crippen LogP contribution is -2.42. The van der Waals surface area contributed by atoms with Gasteiger partial charge in [0.25, 0.3) is 0 Å². The summed E-state index contributed by atoms with van der Waals surface area (Å²) in [5.74, 6) is -0.0284. The first-order chi connectivity index (χ1) is 23.0. The van der Waals surface area contributed by atoms with Gasteiger partial charge >= 0.3 is 5.97 Å². The number of hydrogen-bond acceptors (Lipinski definition) is 10. The average molecular weight is 717 g/mol. The predicted octanol–water partition coefficient (Wildman–Crippen LogP) is 6.86. The Kier molecular flexibility index (Phi) is 11.0. The number of nitrogens with zero attached hydrogens (tertiary/aromatic N) is 3. The number of carbonyl (C=O) groups excluding carboxylic acids is 1. The monoisotopic (exact) mass is 716 g/mol. The van der Waals surface area contributed by atoms with Crippen LogP contribution in [-0.2, 0) is 34.4 Å². The van der Waals surface area contributed by atoms with Gasteiger partial charge in [0.1, 0.15) is 5.69 Å². The minimum Gasteiger partial charge on any atom is -0.436 e. The SMILES string of the molecule is CC(C)C(C)C(=O)OCONc1c2cc(S(=O)(=O)N3C[C@H](C)C[C@H](C)C3)ccc2c(N=O)c2ccc(S(=O)(=O)N3C[C@H](C)C[C@H](C)C3)cc12. The molecule has 49 heavy (non-hydrogen) atoms. The van der Waals surface area contributed by atoms with Gasteiger partial charge in [0.15, 0.2) is 0 Å². The fourth-order valence-electron chi connectivity index (χ4n) is 7.19. The van der Waals surface area contributed by atoms with Gasteiger partial charge in [0, 0.05) is 47.7 Å². The Balaban J connectivity index is 1.65. The third-order valence-corrected chi connectivity index (χ3v) is 13.5. The van der Waals surface area contributed by atoms with Crippen molar-refractivity contribution in [3.05, 3.63) is 41.3 Å². The van der Waals surface area contributed by atoms with Crippen LogP contribution in [0.25, 0.3) is 21.5 Å². The van der Waals surface area contributed by atoms with Gasteiger partial charge in [0.05, 0.1) is 21.4 Å². The van der Waals surface area contributed by atoms with Crippen LogP contribution in [0.3, 0.4) is 0 Å². The van der Waals surface area contributed by atoms with E-state index in [1.165, 1.54) is 45.0 Å². The summed E-state index contributed by atoms with van der Waals surface area (Å²) in [5.41, 5.74) is 3.05. The highest BCUT2D eigenvalue weighted by Crippen LogP contribution is 2.44. The van der Waals surface area contributed by atoms with E-state index in [1.807, 2.05) is 41.5 Å². The summed E-state index contributed by atoms with van der Waals surface area (Å²) < 4.78 is 64.1. The fraction of sp³-hybridized carbons (Fsp3) is 0.571. The predicted molar refractivity (Wildman–Crippen MR) is 190 cm³/mol. The summed E-state index contributed by atoms with van der Waals surface area (Å²) >= 11 is 0. The van der Waals surface area contributed by atoms with Crippen molar-refractivity contribution in [2.45, 2.75) is 71.1 Å². The third kappa shape index (κ3) is 7.63. The Hall–Kier alpha value is -3.17. The number of carbonyl (C=O) groups is 1. The van der Waals surface area contributed by atoms with Crippen molar-refractivity contribution in [1.29, 1.82) is 0 Å². The molecule has 5 rings (SSSR count). The lowest BCUT2D eigenvalue weighted by Gasteiger charge is -2.34. The van der Waals surface area contributed by atoms with Crippen LogP contribution in [0.2, 0.25) is 0 Å². The van der Waals surface area contributed by atoms with E-state index >= 15 is 0 Å². The first kappa shape index (κ1) is 37.1. The highest BCUT2D eigenvalue weighted by Gasteiger charge is 2.34. The van der Waals surface area contributed by atoms with E-state index in [1.54, 1.807) is 6.92 Å². The molecule has 0 aromatic heterocycles. The number of piperidine rings is 2. The molecule has 0 amide bonds. The van der Waals surface area contributed by atoms with Crippen molar-refractivity contribution < 1.29 is 31.2 Å². The number of esters is 1. The highest BCUT2D eigenvalue weighted by molar-refractivity contribution is 7.89. The van der Waals surface area contributed by atoms with E-state index in [9.17, 15) is 26.5 Å². The molecule has 1 unspecified atom stereocenters. The molecule has 14 heteroatoms. The molecule has 2 saturated heterocycles. The van der Waals surface area contributed by atoms with Gasteiger partial charge in [0.2, 0.25) is 26.8 Å². The Bertz CT molecular complexity index is 1810. The first-order valence-corrected chi connectivity index (χ1v) is 19.8. The Morgan fingerprint density at radius 3 is 1.59 bits per heavy atom. The zero-order valence-corrected chi connectivity index (χ0v) is 30.9. The van der Waals surface area contributed by atoms with Crippen molar-refractivity contribution in [2.75, 3.05) is 38.5 Å². The van der Waals surface area contributed by atoms with Crippen LogP contribution in [0, 0.1) is 40.4 Å². The maximum atomic E-state index is 14.0. The second-order valence-corrected chi connectivity index (χ2v) is 18.5. The summed E-state index contributed by atoms with van der Waals surface area (Å²) in [6, 6.07) is 8.89. The van der Waals surface area contributed by atoms with Gasteiger partial charge in [-0.25, -0.2) is 21.7 Å². The second-order valence-electron chi connectivity index (χ2n) is 14.6. The zero-order chi connectivity index (χ0) is 35.8. The van der Waals surface area contributed by atoms with Gasteiger partial charge in [-0.15, -0.1) is 4.91 Å². The molecule has 12 nitrogen and oxygen atoms in total. The van der Waals surface area contributed by atoms with Crippen LogP contribution < -0.4 is 5.48 Å². The van der Waals surface area contributed by atoms with Crippen molar-refractivity contribution in [3.8, 4) is 0 Å². The molecule has 0 saturated carbocycles. The number of nitroso groups, excluding NO2 is 1.